The van der Waals surface area contributed by atoms with Gasteiger partial charge in [0.15, 0.2) is 15.5 Å². The molecule has 1 fully saturated rings. The second-order valence-corrected chi connectivity index (χ2v) is 11.5. The van der Waals surface area contributed by atoms with Gasteiger partial charge in [-0.15, -0.1) is 5.10 Å². The van der Waals surface area contributed by atoms with Gasteiger partial charge in [0.05, 0.1) is 22.7 Å². The topological polar surface area (TPSA) is 101 Å². The number of nitrogens with one attached hydrogen (secondary N) is 1. The van der Waals surface area contributed by atoms with E-state index in [4.69, 9.17) is 4.74 Å². The molecule has 1 atom stereocenters. The van der Waals surface area contributed by atoms with Crippen molar-refractivity contribution in [3.8, 4) is 0 Å². The van der Waals surface area contributed by atoms with E-state index in [9.17, 15) is 8.42 Å². The number of nitrogens with zero attached hydrogens (tertiary/aromatic N) is 5. The Morgan fingerprint density at radius 2 is 2.06 bits per heavy atom. The average molecular weight is 457 g/mol. The minimum absolute atomic E-state index is 0.192. The van der Waals surface area contributed by atoms with E-state index in [1.54, 1.807) is 0 Å². The summed E-state index contributed by atoms with van der Waals surface area (Å²) in [7, 11) is -2.85. The summed E-state index contributed by atoms with van der Waals surface area (Å²) in [5.41, 5.74) is 2.81. The van der Waals surface area contributed by atoms with Gasteiger partial charge in [-0.3, -0.25) is 10.2 Å². The fourth-order valence-corrected chi connectivity index (χ4v) is 5.45. The molecule has 2 aromatic heterocycles. The zero-order valence-corrected chi connectivity index (χ0v) is 19.2. The van der Waals surface area contributed by atoms with Gasteiger partial charge in [-0.1, -0.05) is 24.3 Å². The summed E-state index contributed by atoms with van der Waals surface area (Å²) in [5, 5.41) is 7.72. The third kappa shape index (κ3) is 4.56. The molecule has 0 spiro atoms. The number of pyridine rings is 1. The number of anilines is 1. The van der Waals surface area contributed by atoms with Crippen molar-refractivity contribution in [2.45, 2.75) is 31.7 Å². The third-order valence-electron chi connectivity index (χ3n) is 5.97. The minimum Gasteiger partial charge on any atom is -0.462 e. The highest BCUT2D eigenvalue weighted by atomic mass is 32.2. The van der Waals surface area contributed by atoms with E-state index in [0.29, 0.717) is 31.7 Å². The molecule has 1 aliphatic carbocycles. The molecule has 170 valence electrons. The van der Waals surface area contributed by atoms with Gasteiger partial charge in [0.2, 0.25) is 0 Å². The Hall–Kier alpha value is -2.72. The van der Waals surface area contributed by atoms with Gasteiger partial charge in [-0.25, -0.2) is 17.9 Å². The van der Waals surface area contributed by atoms with E-state index in [0.717, 1.165) is 24.3 Å². The molecule has 32 heavy (non-hydrogen) atoms. The van der Waals surface area contributed by atoms with Gasteiger partial charge in [0.1, 0.15) is 6.61 Å². The van der Waals surface area contributed by atoms with Crippen molar-refractivity contribution < 1.29 is 13.2 Å². The lowest BCUT2D eigenvalue weighted by Crippen LogP contribution is -2.41. The van der Waals surface area contributed by atoms with Crippen molar-refractivity contribution in [3.63, 3.8) is 0 Å². The first-order valence-corrected chi connectivity index (χ1v) is 12.7. The van der Waals surface area contributed by atoms with Gasteiger partial charge in [-0.2, -0.15) is 4.98 Å². The number of aliphatic imine (C=N–C) groups is 1. The number of allylic oxidation sites excluding steroid dienone is 2. The molecule has 1 unspecified atom stereocenters. The molecule has 2 aromatic rings. The molecular formula is C22H28N6O3S. The number of rotatable bonds is 4. The zero-order valence-electron chi connectivity index (χ0n) is 18.4. The number of hydrogen-bond acceptors (Lipinski definition) is 8. The number of amidine groups is 1. The van der Waals surface area contributed by atoms with Crippen LogP contribution >= 0.6 is 0 Å². The molecule has 0 bridgehead atoms. The average Bonchev–Trinajstić information content (AvgIpc) is 3.32. The summed E-state index contributed by atoms with van der Waals surface area (Å²) < 4.78 is 30.7. The minimum atomic E-state index is -2.85. The maximum absolute atomic E-state index is 11.6. The lowest BCUT2D eigenvalue weighted by molar-refractivity contribution is 0.278. The Morgan fingerprint density at radius 1 is 1.25 bits per heavy atom. The first kappa shape index (κ1) is 21.1. The Balaban J connectivity index is 1.27. The number of fused-ring (bicyclic) bond motifs is 1. The molecule has 2 aliphatic heterocycles. The van der Waals surface area contributed by atoms with Gasteiger partial charge in [-0.05, 0) is 38.0 Å². The molecule has 3 aliphatic rings. The molecule has 1 saturated heterocycles. The number of aromatic nitrogens is 3. The molecule has 0 radical (unpaired) electrons. The summed E-state index contributed by atoms with van der Waals surface area (Å²) >= 11 is 0. The lowest BCUT2D eigenvalue weighted by atomic mass is 9.93. The quantitative estimate of drug-likeness (QED) is 0.751. The highest BCUT2D eigenvalue weighted by molar-refractivity contribution is 7.91. The van der Waals surface area contributed by atoms with Crippen LogP contribution in [-0.2, 0) is 14.6 Å². The van der Waals surface area contributed by atoms with Crippen molar-refractivity contribution in [3.05, 3.63) is 47.7 Å². The van der Waals surface area contributed by atoms with Crippen molar-refractivity contribution in [1.82, 2.24) is 19.5 Å². The standard InChI is InChI=1S/C22H28N6O3S/c1-22(2)15-31-21(25-22)24-20-23-19-5-3-4-18(28(19)26-20)17-8-6-16(7-9-17)14-27-10-12-32(29,30)13-11-27/h3-8,17H,9-15H2,1-2H3,(H,24,25,26). The van der Waals surface area contributed by atoms with E-state index in [1.165, 1.54) is 5.57 Å². The van der Waals surface area contributed by atoms with E-state index in [2.05, 4.69) is 49.6 Å². The van der Waals surface area contributed by atoms with Crippen LogP contribution in [-0.4, -0.2) is 77.2 Å². The van der Waals surface area contributed by atoms with Crippen LogP contribution in [0.3, 0.4) is 0 Å². The predicted molar refractivity (Wildman–Crippen MR) is 124 cm³/mol. The molecule has 0 aromatic carbocycles. The molecular weight excluding hydrogens is 428 g/mol. The first-order valence-electron chi connectivity index (χ1n) is 10.9. The SMILES string of the molecule is CC1(C)COC(Nc2nc3cccc(C4C=CC(CN5CCS(=O)(=O)CC5)=CC4)n3n2)=N1. The Labute approximate surface area is 187 Å². The molecule has 0 amide bonds. The van der Waals surface area contributed by atoms with Gasteiger partial charge in [0, 0.05) is 25.6 Å². The Bertz CT molecular complexity index is 1210. The van der Waals surface area contributed by atoms with E-state index >= 15 is 0 Å². The van der Waals surface area contributed by atoms with E-state index in [1.807, 2.05) is 30.5 Å². The van der Waals surface area contributed by atoms with Crippen molar-refractivity contribution in [2.75, 3.05) is 43.1 Å². The van der Waals surface area contributed by atoms with Crippen LogP contribution < -0.4 is 5.32 Å². The molecule has 10 heteroatoms. The number of hydrogen-bond donors (Lipinski definition) is 1. The fourth-order valence-electron chi connectivity index (χ4n) is 4.17. The van der Waals surface area contributed by atoms with Crippen LogP contribution in [0.15, 0.2) is 47.0 Å². The van der Waals surface area contributed by atoms with Crippen molar-refractivity contribution in [2.24, 2.45) is 4.99 Å². The monoisotopic (exact) mass is 456 g/mol. The first-order chi connectivity index (χ1) is 15.3. The van der Waals surface area contributed by atoms with Crippen LogP contribution in [0.25, 0.3) is 5.65 Å². The zero-order chi connectivity index (χ0) is 22.3. The van der Waals surface area contributed by atoms with Crippen LogP contribution in [0.2, 0.25) is 0 Å². The summed E-state index contributed by atoms with van der Waals surface area (Å²) in [6, 6.07) is 6.45. The smallest absolute Gasteiger partial charge is 0.292 e. The maximum atomic E-state index is 11.6. The molecule has 1 N–H and O–H groups in total. The van der Waals surface area contributed by atoms with E-state index < -0.39 is 9.84 Å². The van der Waals surface area contributed by atoms with Gasteiger partial charge >= 0.3 is 0 Å². The summed E-state index contributed by atoms with van der Waals surface area (Å²) in [4.78, 5) is 11.3. The molecule has 4 heterocycles. The second-order valence-electron chi connectivity index (χ2n) is 9.21. The van der Waals surface area contributed by atoms with Crippen LogP contribution in [0.1, 0.15) is 31.9 Å². The van der Waals surface area contributed by atoms with Crippen LogP contribution in [0, 0.1) is 0 Å². The summed E-state index contributed by atoms with van der Waals surface area (Å²) in [6.45, 7) is 6.57. The fraction of sp³-hybridized carbons (Fsp3) is 0.500. The molecule has 9 nitrogen and oxygen atoms in total. The summed E-state index contributed by atoms with van der Waals surface area (Å²) in [6.07, 6.45) is 7.46. The predicted octanol–water partition coefficient (Wildman–Crippen LogP) is 2.01. The van der Waals surface area contributed by atoms with Crippen molar-refractivity contribution in [1.29, 1.82) is 0 Å². The Morgan fingerprint density at radius 3 is 2.75 bits per heavy atom. The summed E-state index contributed by atoms with van der Waals surface area (Å²) in [5.74, 6) is 1.17. The van der Waals surface area contributed by atoms with E-state index in [-0.39, 0.29) is 23.0 Å². The second kappa shape index (κ2) is 8.00. The highest BCUT2D eigenvalue weighted by Crippen LogP contribution is 2.28. The van der Waals surface area contributed by atoms with Gasteiger partial charge in [0.25, 0.3) is 12.0 Å². The van der Waals surface area contributed by atoms with Gasteiger partial charge < -0.3 is 4.74 Å². The van der Waals surface area contributed by atoms with Crippen LogP contribution in [0.5, 0.6) is 0 Å². The molecule has 0 saturated carbocycles. The normalized spacial score (nSPS) is 24.8. The Kier molecular flexibility index (Phi) is 5.29. The van der Waals surface area contributed by atoms with Crippen molar-refractivity contribution >= 4 is 27.5 Å². The largest absolute Gasteiger partial charge is 0.462 e. The molecule has 5 rings (SSSR count). The third-order valence-corrected chi connectivity index (χ3v) is 7.58. The highest BCUT2D eigenvalue weighted by Gasteiger charge is 2.27. The van der Waals surface area contributed by atoms with Crippen LogP contribution in [0.4, 0.5) is 5.95 Å². The maximum Gasteiger partial charge on any atom is 0.292 e. The lowest BCUT2D eigenvalue weighted by Gasteiger charge is -2.28. The number of ether oxygens (including phenoxy) is 1. The number of sulfone groups is 1.